The van der Waals surface area contributed by atoms with Crippen LogP contribution < -0.4 is 0 Å². The van der Waals surface area contributed by atoms with Gasteiger partial charge in [-0.05, 0) is 6.42 Å². The Morgan fingerprint density at radius 1 is 1.40 bits per heavy atom. The van der Waals surface area contributed by atoms with Crippen molar-refractivity contribution in [1.29, 1.82) is 0 Å². The van der Waals surface area contributed by atoms with Crippen LogP contribution in [-0.4, -0.2) is 24.3 Å². The molecule has 0 aromatic carbocycles. The van der Waals surface area contributed by atoms with Gasteiger partial charge in [-0.2, -0.15) is 5.10 Å². The van der Waals surface area contributed by atoms with E-state index in [2.05, 4.69) is 26.6 Å². The van der Waals surface area contributed by atoms with Crippen LogP contribution in [0.3, 0.4) is 0 Å². The summed E-state index contributed by atoms with van der Waals surface area (Å²) >= 11 is 7.70. The fourth-order valence-electron chi connectivity index (χ4n) is 2.44. The molecule has 7 heteroatoms. The maximum Gasteiger partial charge on any atom is 0.159 e. The lowest BCUT2D eigenvalue weighted by molar-refractivity contribution is 0.695. The lowest BCUT2D eigenvalue weighted by atomic mass is 10.2. The van der Waals surface area contributed by atoms with Gasteiger partial charge < -0.3 is 4.57 Å². The number of halogens is 1. The molecule has 20 heavy (non-hydrogen) atoms. The van der Waals surface area contributed by atoms with E-state index in [1.165, 1.54) is 4.88 Å². The van der Waals surface area contributed by atoms with Gasteiger partial charge in [0.15, 0.2) is 5.65 Å². The van der Waals surface area contributed by atoms with Crippen molar-refractivity contribution in [2.24, 2.45) is 7.05 Å². The molecular formula is C13H16ClN5S. The molecule has 0 bridgehead atoms. The first-order valence-corrected chi connectivity index (χ1v) is 8.00. The summed E-state index contributed by atoms with van der Waals surface area (Å²) in [4.78, 5) is 10.00. The minimum Gasteiger partial charge on any atom is -0.307 e. The standard InChI is InChI=1S/C13H16ClN5S/c1-3-4-10-12-13(18(2)17-10)19(11(5-14)16-12)7-9-6-15-8-20-9/h6,8H,3-5,7H2,1-2H3. The number of rotatable bonds is 5. The van der Waals surface area contributed by atoms with Gasteiger partial charge in [0.25, 0.3) is 0 Å². The predicted molar refractivity (Wildman–Crippen MR) is 81.3 cm³/mol. The van der Waals surface area contributed by atoms with Crippen molar-refractivity contribution < 1.29 is 0 Å². The lowest BCUT2D eigenvalue weighted by Gasteiger charge is -2.06. The number of aryl methyl sites for hydroxylation is 2. The third-order valence-electron chi connectivity index (χ3n) is 3.27. The summed E-state index contributed by atoms with van der Waals surface area (Å²) in [6.07, 6.45) is 3.89. The minimum atomic E-state index is 0.402. The molecule has 0 aliphatic carbocycles. The molecule has 3 aromatic rings. The summed E-state index contributed by atoms with van der Waals surface area (Å²) in [5.41, 5.74) is 4.92. The third kappa shape index (κ3) is 2.23. The zero-order chi connectivity index (χ0) is 14.1. The zero-order valence-electron chi connectivity index (χ0n) is 11.5. The van der Waals surface area contributed by atoms with Crippen molar-refractivity contribution in [2.45, 2.75) is 32.2 Å². The topological polar surface area (TPSA) is 48.5 Å². The van der Waals surface area contributed by atoms with Crippen molar-refractivity contribution in [2.75, 3.05) is 0 Å². The van der Waals surface area contributed by atoms with Crippen LogP contribution in [0.15, 0.2) is 11.7 Å². The first-order chi connectivity index (χ1) is 9.74. The van der Waals surface area contributed by atoms with E-state index in [1.807, 2.05) is 23.4 Å². The lowest BCUT2D eigenvalue weighted by Crippen LogP contribution is -2.06. The zero-order valence-corrected chi connectivity index (χ0v) is 13.1. The third-order valence-corrected chi connectivity index (χ3v) is 4.28. The van der Waals surface area contributed by atoms with Gasteiger partial charge in [0.05, 0.1) is 23.6 Å². The van der Waals surface area contributed by atoms with Crippen molar-refractivity contribution >= 4 is 34.1 Å². The minimum absolute atomic E-state index is 0.402. The molecule has 0 aliphatic heterocycles. The molecule has 0 amide bonds. The molecule has 0 unspecified atom stereocenters. The van der Waals surface area contributed by atoms with Crippen LogP contribution in [-0.2, 0) is 25.9 Å². The molecule has 3 rings (SSSR count). The molecule has 0 saturated carbocycles. The first kappa shape index (κ1) is 13.6. The van der Waals surface area contributed by atoms with E-state index < -0.39 is 0 Å². The van der Waals surface area contributed by atoms with E-state index in [4.69, 9.17) is 11.6 Å². The van der Waals surface area contributed by atoms with Crippen LogP contribution in [0.2, 0.25) is 0 Å². The second-order valence-electron chi connectivity index (χ2n) is 4.71. The second-order valence-corrected chi connectivity index (χ2v) is 5.95. The Balaban J connectivity index is 2.13. The molecule has 0 radical (unpaired) electrons. The summed E-state index contributed by atoms with van der Waals surface area (Å²) in [7, 11) is 1.96. The largest absolute Gasteiger partial charge is 0.307 e. The molecule has 3 aromatic heterocycles. The molecule has 0 fully saturated rings. The number of alkyl halides is 1. The Bertz CT molecular complexity index is 713. The number of nitrogens with zero attached hydrogens (tertiary/aromatic N) is 5. The Kier molecular flexibility index (Phi) is 3.76. The van der Waals surface area contributed by atoms with E-state index in [0.717, 1.165) is 42.1 Å². The van der Waals surface area contributed by atoms with Crippen LogP contribution in [0.4, 0.5) is 0 Å². The highest BCUT2D eigenvalue weighted by molar-refractivity contribution is 7.09. The SMILES string of the molecule is CCCc1nn(C)c2c1nc(CCl)n2Cc1cncs1. The van der Waals surface area contributed by atoms with Crippen LogP contribution >= 0.6 is 22.9 Å². The highest BCUT2D eigenvalue weighted by Gasteiger charge is 2.18. The molecule has 0 N–H and O–H groups in total. The summed E-state index contributed by atoms with van der Waals surface area (Å²) < 4.78 is 4.05. The van der Waals surface area contributed by atoms with Crippen LogP contribution in [0, 0.1) is 0 Å². The molecule has 5 nitrogen and oxygen atoms in total. The Hall–Kier alpha value is -1.40. The summed E-state index contributed by atoms with van der Waals surface area (Å²) in [6, 6.07) is 0. The number of thiazole rings is 1. The van der Waals surface area contributed by atoms with Gasteiger partial charge in [-0.15, -0.1) is 22.9 Å². The summed E-state index contributed by atoms with van der Waals surface area (Å²) in [5, 5.41) is 4.58. The average molecular weight is 310 g/mol. The Morgan fingerprint density at radius 3 is 2.90 bits per heavy atom. The van der Waals surface area contributed by atoms with Crippen molar-refractivity contribution in [3.63, 3.8) is 0 Å². The van der Waals surface area contributed by atoms with E-state index in [1.54, 1.807) is 11.3 Å². The first-order valence-electron chi connectivity index (χ1n) is 6.59. The second kappa shape index (κ2) is 5.54. The maximum absolute atomic E-state index is 6.06. The molecule has 0 spiro atoms. The van der Waals surface area contributed by atoms with Gasteiger partial charge in [-0.1, -0.05) is 13.3 Å². The molecule has 106 valence electrons. The number of aromatic nitrogens is 5. The Labute approximate surface area is 126 Å². The quantitative estimate of drug-likeness (QED) is 0.681. The van der Waals surface area contributed by atoms with E-state index in [-0.39, 0.29) is 0 Å². The summed E-state index contributed by atoms with van der Waals surface area (Å²) in [5.74, 6) is 1.29. The van der Waals surface area contributed by atoms with Gasteiger partial charge in [0.2, 0.25) is 0 Å². The van der Waals surface area contributed by atoms with Gasteiger partial charge in [0.1, 0.15) is 11.3 Å². The van der Waals surface area contributed by atoms with E-state index >= 15 is 0 Å². The molecule has 0 saturated heterocycles. The molecule has 0 aliphatic rings. The van der Waals surface area contributed by atoms with E-state index in [0.29, 0.717) is 5.88 Å². The monoisotopic (exact) mass is 309 g/mol. The number of imidazole rings is 1. The average Bonchev–Trinajstić information content (AvgIpc) is 3.11. The molecule has 0 atom stereocenters. The number of fused-ring (bicyclic) bond motifs is 1. The van der Waals surface area contributed by atoms with Gasteiger partial charge in [0, 0.05) is 18.1 Å². The number of hydrogen-bond donors (Lipinski definition) is 0. The van der Waals surface area contributed by atoms with Crippen LogP contribution in [0.5, 0.6) is 0 Å². The van der Waals surface area contributed by atoms with Gasteiger partial charge in [-0.25, -0.2) is 4.98 Å². The van der Waals surface area contributed by atoms with Crippen molar-refractivity contribution in [3.05, 3.63) is 28.1 Å². The molecular weight excluding hydrogens is 294 g/mol. The van der Waals surface area contributed by atoms with Gasteiger partial charge >= 0.3 is 0 Å². The van der Waals surface area contributed by atoms with Gasteiger partial charge in [-0.3, -0.25) is 9.67 Å². The maximum atomic E-state index is 6.06. The van der Waals surface area contributed by atoms with Crippen LogP contribution in [0.1, 0.15) is 29.7 Å². The highest BCUT2D eigenvalue weighted by atomic mass is 35.5. The predicted octanol–water partition coefficient (Wildman–Crippen LogP) is 2.97. The smallest absolute Gasteiger partial charge is 0.159 e. The normalized spacial score (nSPS) is 11.6. The summed E-state index contributed by atoms with van der Waals surface area (Å²) in [6.45, 7) is 2.89. The fraction of sp³-hybridized carbons (Fsp3) is 0.462. The highest BCUT2D eigenvalue weighted by Crippen LogP contribution is 2.23. The fourth-order valence-corrected chi connectivity index (χ4v) is 3.22. The molecule has 3 heterocycles. The van der Waals surface area contributed by atoms with Crippen molar-refractivity contribution in [3.8, 4) is 0 Å². The number of hydrogen-bond acceptors (Lipinski definition) is 4. The van der Waals surface area contributed by atoms with E-state index in [9.17, 15) is 0 Å². The Morgan fingerprint density at radius 2 is 2.25 bits per heavy atom. The van der Waals surface area contributed by atoms with Crippen LogP contribution in [0.25, 0.3) is 11.2 Å². The van der Waals surface area contributed by atoms with Crippen molar-refractivity contribution in [1.82, 2.24) is 24.3 Å².